The van der Waals surface area contributed by atoms with Crippen molar-refractivity contribution in [2.45, 2.75) is 39.3 Å². The number of H-pyrrole nitrogens is 1. The minimum atomic E-state index is -0.562. The number of thiazole rings is 1. The van der Waals surface area contributed by atoms with Crippen LogP contribution in [0.15, 0.2) is 30.3 Å². The summed E-state index contributed by atoms with van der Waals surface area (Å²) in [6, 6.07) is 9.69. The van der Waals surface area contributed by atoms with Crippen molar-refractivity contribution in [1.29, 1.82) is 0 Å². The van der Waals surface area contributed by atoms with Gasteiger partial charge in [-0.1, -0.05) is 29.5 Å². The van der Waals surface area contributed by atoms with Crippen LogP contribution in [0.25, 0.3) is 10.9 Å². The second kappa shape index (κ2) is 8.43. The molecule has 2 N–H and O–H groups in total. The number of anilines is 1. The van der Waals surface area contributed by atoms with E-state index in [0.29, 0.717) is 43.4 Å². The molecule has 0 unspecified atom stereocenters. The summed E-state index contributed by atoms with van der Waals surface area (Å²) in [5.41, 5.74) is 1.87. The average Bonchev–Trinajstić information content (AvgIpc) is 3.33. The van der Waals surface area contributed by atoms with Crippen LogP contribution in [-0.4, -0.2) is 62.9 Å². The Morgan fingerprint density at radius 3 is 2.68 bits per heavy atom. The van der Waals surface area contributed by atoms with Gasteiger partial charge in [0.2, 0.25) is 5.91 Å². The molecule has 1 aromatic carbocycles. The Morgan fingerprint density at radius 1 is 1.18 bits per heavy atom. The summed E-state index contributed by atoms with van der Waals surface area (Å²) in [5.74, 6) is -0.483. The molecule has 4 heterocycles. The third-order valence-corrected chi connectivity index (χ3v) is 6.91. The molecule has 2 aromatic heterocycles. The number of hydrogen-bond donors (Lipinski definition) is 2. The van der Waals surface area contributed by atoms with Gasteiger partial charge < -0.3 is 24.8 Å². The van der Waals surface area contributed by atoms with E-state index >= 15 is 0 Å². The molecule has 0 atom stereocenters. The van der Waals surface area contributed by atoms with Gasteiger partial charge in [0.25, 0.3) is 5.91 Å². The second-order valence-electron chi connectivity index (χ2n) is 9.71. The predicted molar refractivity (Wildman–Crippen MR) is 129 cm³/mol. The number of benzene rings is 1. The largest absolute Gasteiger partial charge is 0.444 e. The minimum absolute atomic E-state index is 0.0439. The number of nitrogens with one attached hydrogen (secondary N) is 2. The molecule has 1 fully saturated rings. The molecule has 10 heteroatoms. The zero-order chi connectivity index (χ0) is 24.0. The van der Waals surface area contributed by atoms with Gasteiger partial charge in [0.15, 0.2) is 5.13 Å². The number of aromatic nitrogens is 2. The van der Waals surface area contributed by atoms with Gasteiger partial charge in [-0.25, -0.2) is 9.78 Å². The molecule has 2 aliphatic rings. The standard InChI is InChI=1S/C24H27N5O4S/c1-24(2,3)33-23(32)29-11-15(12-29)20(30)27-22-26-17-8-9-28(13-19(17)34-22)21(31)18-10-14-6-4-5-7-16(14)25-18/h4-7,10,15,25H,8-9,11-13H2,1-3H3,(H,26,27,30). The smallest absolute Gasteiger partial charge is 0.410 e. The third-order valence-electron chi connectivity index (χ3n) is 5.91. The lowest BCUT2D eigenvalue weighted by atomic mass is 10.0. The maximum atomic E-state index is 13.0. The number of amides is 3. The van der Waals surface area contributed by atoms with Crippen molar-refractivity contribution < 1.29 is 19.1 Å². The molecule has 0 spiro atoms. The molecular formula is C24H27N5O4S. The first-order valence-corrected chi connectivity index (χ1v) is 12.1. The Hall–Kier alpha value is -3.40. The Labute approximate surface area is 201 Å². The van der Waals surface area contributed by atoms with E-state index in [4.69, 9.17) is 4.74 Å². The SMILES string of the molecule is CC(C)(C)OC(=O)N1CC(C(=O)Nc2nc3c(s2)CN(C(=O)c2cc4ccccc4[nH]2)CC3)C1. The Morgan fingerprint density at radius 2 is 1.94 bits per heavy atom. The predicted octanol–water partition coefficient (Wildman–Crippen LogP) is 3.63. The summed E-state index contributed by atoms with van der Waals surface area (Å²) >= 11 is 1.40. The van der Waals surface area contributed by atoms with Crippen LogP contribution < -0.4 is 5.32 Å². The highest BCUT2D eigenvalue weighted by Gasteiger charge is 2.38. The van der Waals surface area contributed by atoms with Crippen LogP contribution in [0.1, 0.15) is 41.8 Å². The van der Waals surface area contributed by atoms with Crippen molar-refractivity contribution in [2.75, 3.05) is 25.0 Å². The molecule has 9 nitrogen and oxygen atoms in total. The Bertz CT molecular complexity index is 1230. The van der Waals surface area contributed by atoms with Crippen LogP contribution in [0.4, 0.5) is 9.93 Å². The number of likely N-dealkylation sites (tertiary alicyclic amines) is 1. The van der Waals surface area contributed by atoms with E-state index in [0.717, 1.165) is 21.5 Å². The number of aromatic amines is 1. The molecular weight excluding hydrogens is 454 g/mol. The number of para-hydroxylation sites is 1. The number of nitrogens with zero attached hydrogens (tertiary/aromatic N) is 3. The van der Waals surface area contributed by atoms with Gasteiger partial charge in [-0.15, -0.1) is 0 Å². The van der Waals surface area contributed by atoms with Crippen LogP contribution in [0, 0.1) is 5.92 Å². The Balaban J connectivity index is 1.18. The van der Waals surface area contributed by atoms with Crippen molar-refractivity contribution in [3.63, 3.8) is 0 Å². The summed E-state index contributed by atoms with van der Waals surface area (Å²) in [6.45, 7) is 7.14. The van der Waals surface area contributed by atoms with E-state index in [-0.39, 0.29) is 17.7 Å². The Kier molecular flexibility index (Phi) is 5.55. The monoisotopic (exact) mass is 481 g/mol. The second-order valence-corrected chi connectivity index (χ2v) is 10.8. The molecule has 2 aliphatic heterocycles. The normalized spacial score (nSPS) is 16.2. The molecule has 0 aliphatic carbocycles. The highest BCUT2D eigenvalue weighted by atomic mass is 32.1. The van der Waals surface area contributed by atoms with Gasteiger partial charge in [-0.05, 0) is 32.9 Å². The van der Waals surface area contributed by atoms with Crippen molar-refractivity contribution in [3.8, 4) is 0 Å². The molecule has 0 saturated carbocycles. The molecule has 3 aromatic rings. The van der Waals surface area contributed by atoms with Crippen molar-refractivity contribution in [1.82, 2.24) is 19.8 Å². The summed E-state index contributed by atoms with van der Waals surface area (Å²) in [5, 5.41) is 4.42. The number of fused-ring (bicyclic) bond motifs is 2. The van der Waals surface area contributed by atoms with Gasteiger partial charge in [0, 0.05) is 41.8 Å². The maximum Gasteiger partial charge on any atom is 0.410 e. The number of ether oxygens (including phenoxy) is 1. The van der Waals surface area contributed by atoms with Gasteiger partial charge in [0.1, 0.15) is 11.3 Å². The quantitative estimate of drug-likeness (QED) is 0.594. The molecule has 34 heavy (non-hydrogen) atoms. The van der Waals surface area contributed by atoms with Crippen LogP contribution in [-0.2, 0) is 22.5 Å². The highest BCUT2D eigenvalue weighted by molar-refractivity contribution is 7.15. The number of carbonyl (C=O) groups excluding carboxylic acids is 3. The summed E-state index contributed by atoms with van der Waals surface area (Å²) in [7, 11) is 0. The first-order chi connectivity index (χ1) is 16.2. The summed E-state index contributed by atoms with van der Waals surface area (Å²) in [6.07, 6.45) is 0.241. The van der Waals surface area contributed by atoms with Gasteiger partial charge in [-0.3, -0.25) is 9.59 Å². The molecule has 1 saturated heterocycles. The molecule has 0 bridgehead atoms. The third kappa shape index (κ3) is 4.50. The lowest BCUT2D eigenvalue weighted by molar-refractivity contribution is -0.124. The summed E-state index contributed by atoms with van der Waals surface area (Å²) in [4.78, 5) is 49.8. The van der Waals surface area contributed by atoms with E-state index < -0.39 is 11.7 Å². The molecule has 5 rings (SSSR count). The van der Waals surface area contributed by atoms with E-state index in [1.54, 1.807) is 0 Å². The van der Waals surface area contributed by atoms with E-state index in [9.17, 15) is 14.4 Å². The van der Waals surface area contributed by atoms with Gasteiger partial charge in [-0.2, -0.15) is 0 Å². The number of carbonyl (C=O) groups is 3. The van der Waals surface area contributed by atoms with Crippen LogP contribution in [0.2, 0.25) is 0 Å². The lowest BCUT2D eigenvalue weighted by Crippen LogP contribution is -2.55. The van der Waals surface area contributed by atoms with Crippen molar-refractivity contribution in [3.05, 3.63) is 46.6 Å². The molecule has 0 radical (unpaired) electrons. The maximum absolute atomic E-state index is 13.0. The van der Waals surface area contributed by atoms with Crippen molar-refractivity contribution >= 4 is 45.3 Å². The zero-order valence-electron chi connectivity index (χ0n) is 19.4. The number of hydrogen-bond acceptors (Lipinski definition) is 6. The minimum Gasteiger partial charge on any atom is -0.444 e. The lowest BCUT2D eigenvalue weighted by Gasteiger charge is -2.38. The van der Waals surface area contributed by atoms with E-state index in [1.807, 2.05) is 56.0 Å². The van der Waals surface area contributed by atoms with Gasteiger partial charge in [0.05, 0.1) is 18.2 Å². The fourth-order valence-corrected chi connectivity index (χ4v) is 5.14. The fraction of sp³-hybridized carbons (Fsp3) is 0.417. The summed E-state index contributed by atoms with van der Waals surface area (Å²) < 4.78 is 5.33. The van der Waals surface area contributed by atoms with Crippen LogP contribution in [0.5, 0.6) is 0 Å². The molecule has 3 amide bonds. The van der Waals surface area contributed by atoms with Gasteiger partial charge >= 0.3 is 6.09 Å². The zero-order valence-corrected chi connectivity index (χ0v) is 20.2. The van der Waals surface area contributed by atoms with Crippen molar-refractivity contribution in [2.24, 2.45) is 5.92 Å². The first-order valence-electron chi connectivity index (χ1n) is 11.3. The van der Waals surface area contributed by atoms with Crippen LogP contribution in [0.3, 0.4) is 0 Å². The average molecular weight is 482 g/mol. The highest BCUT2D eigenvalue weighted by Crippen LogP contribution is 2.30. The van der Waals surface area contributed by atoms with Crippen LogP contribution >= 0.6 is 11.3 Å². The number of rotatable bonds is 3. The molecule has 178 valence electrons. The van der Waals surface area contributed by atoms with E-state index in [2.05, 4.69) is 15.3 Å². The fourth-order valence-electron chi connectivity index (χ4n) is 4.11. The van der Waals surface area contributed by atoms with E-state index in [1.165, 1.54) is 16.2 Å². The first kappa shape index (κ1) is 22.4. The topological polar surface area (TPSA) is 108 Å².